The van der Waals surface area contributed by atoms with Gasteiger partial charge in [0.15, 0.2) is 0 Å². The molecular weight excluding hydrogens is 488 g/mol. The Kier molecular flexibility index (Phi) is 9.79. The van der Waals surface area contributed by atoms with Gasteiger partial charge >= 0.3 is 6.09 Å². The van der Waals surface area contributed by atoms with Gasteiger partial charge in [0, 0.05) is 18.4 Å². The summed E-state index contributed by atoms with van der Waals surface area (Å²) in [5.41, 5.74) is 4.03. The fourth-order valence-corrected chi connectivity index (χ4v) is 5.23. The Hall–Kier alpha value is -4.06. The van der Waals surface area contributed by atoms with Crippen molar-refractivity contribution in [3.8, 4) is 5.75 Å². The molecule has 1 aliphatic carbocycles. The number of hydrogen-bond donors (Lipinski definition) is 1. The molecule has 0 radical (unpaired) electrons. The first-order chi connectivity index (χ1) is 19.0. The van der Waals surface area contributed by atoms with Gasteiger partial charge in [-0.3, -0.25) is 0 Å². The highest BCUT2D eigenvalue weighted by atomic mass is 16.6. The zero-order chi connectivity index (χ0) is 27.5. The molecule has 0 aliphatic heterocycles. The van der Waals surface area contributed by atoms with Crippen molar-refractivity contribution >= 4 is 11.8 Å². The topological polar surface area (TPSA) is 69.1 Å². The number of hydrogen-bond acceptors (Lipinski definition) is 5. The Morgan fingerprint density at radius 1 is 0.974 bits per heavy atom. The molecule has 0 heterocycles. The first-order valence-electron chi connectivity index (χ1n) is 13.6. The SMILES string of the molecule is C=C(Cc1cccc(OC)c1)O/N=C(\C)C1(c2ccccc2)CCC(OC(=O)NCCc2ccccc2)CC1. The molecule has 1 aliphatic rings. The number of oxime groups is 1. The van der Waals surface area contributed by atoms with E-state index in [0.717, 1.165) is 49.1 Å². The van der Waals surface area contributed by atoms with Crippen LogP contribution >= 0.6 is 0 Å². The summed E-state index contributed by atoms with van der Waals surface area (Å²) in [6.07, 6.45) is 3.94. The van der Waals surface area contributed by atoms with Gasteiger partial charge in [-0.15, -0.1) is 0 Å². The summed E-state index contributed by atoms with van der Waals surface area (Å²) in [6.45, 7) is 6.64. The van der Waals surface area contributed by atoms with Crippen LogP contribution in [0.25, 0.3) is 0 Å². The molecule has 1 amide bonds. The van der Waals surface area contributed by atoms with Crippen LogP contribution in [0.15, 0.2) is 102 Å². The molecule has 0 atom stereocenters. The van der Waals surface area contributed by atoms with Gasteiger partial charge < -0.3 is 19.6 Å². The van der Waals surface area contributed by atoms with E-state index in [-0.39, 0.29) is 17.6 Å². The minimum Gasteiger partial charge on any atom is -0.497 e. The van der Waals surface area contributed by atoms with E-state index in [1.807, 2.05) is 55.5 Å². The summed E-state index contributed by atoms with van der Waals surface area (Å²) >= 11 is 0. The molecule has 0 bridgehead atoms. The highest BCUT2D eigenvalue weighted by Gasteiger charge is 2.41. The van der Waals surface area contributed by atoms with Crippen LogP contribution in [0.5, 0.6) is 5.75 Å². The van der Waals surface area contributed by atoms with E-state index >= 15 is 0 Å². The van der Waals surface area contributed by atoms with Crippen LogP contribution in [0, 0.1) is 0 Å². The molecule has 0 saturated heterocycles. The van der Waals surface area contributed by atoms with E-state index in [1.165, 1.54) is 11.1 Å². The van der Waals surface area contributed by atoms with E-state index in [4.69, 9.17) is 14.3 Å². The van der Waals surface area contributed by atoms with Crippen LogP contribution in [0.1, 0.15) is 49.3 Å². The van der Waals surface area contributed by atoms with Crippen LogP contribution < -0.4 is 10.1 Å². The lowest BCUT2D eigenvalue weighted by Crippen LogP contribution is -2.42. The van der Waals surface area contributed by atoms with Gasteiger partial charge in [-0.05, 0) is 67.9 Å². The van der Waals surface area contributed by atoms with Crippen molar-refractivity contribution in [2.75, 3.05) is 13.7 Å². The van der Waals surface area contributed by atoms with Crippen LogP contribution in [0.4, 0.5) is 4.79 Å². The van der Waals surface area contributed by atoms with Gasteiger partial charge in [0.05, 0.1) is 12.8 Å². The Bertz CT molecular complexity index is 1250. The number of rotatable bonds is 11. The largest absolute Gasteiger partial charge is 0.497 e. The molecule has 204 valence electrons. The molecule has 6 nitrogen and oxygen atoms in total. The average molecular weight is 527 g/mol. The molecule has 3 aromatic rings. The number of nitrogens with one attached hydrogen (secondary N) is 1. The summed E-state index contributed by atoms with van der Waals surface area (Å²) in [5.74, 6) is 1.36. The van der Waals surface area contributed by atoms with Crippen LogP contribution in [-0.2, 0) is 27.8 Å². The number of ether oxygens (including phenoxy) is 2. The van der Waals surface area contributed by atoms with Gasteiger partial charge in [-0.25, -0.2) is 4.79 Å². The second-order valence-electron chi connectivity index (χ2n) is 10.1. The Balaban J connectivity index is 1.35. The maximum atomic E-state index is 12.4. The van der Waals surface area contributed by atoms with E-state index in [1.54, 1.807) is 7.11 Å². The first-order valence-corrected chi connectivity index (χ1v) is 13.6. The predicted molar refractivity (Wildman–Crippen MR) is 155 cm³/mol. The van der Waals surface area contributed by atoms with Crippen LogP contribution in [0.2, 0.25) is 0 Å². The molecule has 0 spiro atoms. The van der Waals surface area contributed by atoms with Gasteiger partial charge in [-0.1, -0.05) is 84.5 Å². The highest BCUT2D eigenvalue weighted by molar-refractivity contribution is 5.92. The van der Waals surface area contributed by atoms with Crippen molar-refractivity contribution in [3.05, 3.63) is 114 Å². The number of amides is 1. The number of carbonyl (C=O) groups is 1. The lowest BCUT2D eigenvalue weighted by atomic mass is 9.66. The summed E-state index contributed by atoms with van der Waals surface area (Å²) < 4.78 is 11.1. The molecule has 1 saturated carbocycles. The monoisotopic (exact) mass is 526 g/mol. The summed E-state index contributed by atoms with van der Waals surface area (Å²) in [5, 5.41) is 7.45. The third-order valence-electron chi connectivity index (χ3n) is 7.45. The third kappa shape index (κ3) is 7.73. The average Bonchev–Trinajstić information content (AvgIpc) is 2.97. The highest BCUT2D eigenvalue weighted by Crippen LogP contribution is 2.42. The van der Waals surface area contributed by atoms with Crippen molar-refractivity contribution in [2.24, 2.45) is 5.16 Å². The smallest absolute Gasteiger partial charge is 0.407 e. The number of methoxy groups -OCH3 is 1. The van der Waals surface area contributed by atoms with Crippen molar-refractivity contribution in [3.63, 3.8) is 0 Å². The summed E-state index contributed by atoms with van der Waals surface area (Å²) in [7, 11) is 1.65. The summed E-state index contributed by atoms with van der Waals surface area (Å²) in [4.78, 5) is 18.3. The zero-order valence-corrected chi connectivity index (χ0v) is 22.9. The van der Waals surface area contributed by atoms with Gasteiger partial charge in [-0.2, -0.15) is 0 Å². The van der Waals surface area contributed by atoms with E-state index in [2.05, 4.69) is 53.4 Å². The minimum atomic E-state index is -0.356. The Morgan fingerprint density at radius 3 is 2.33 bits per heavy atom. The maximum absolute atomic E-state index is 12.4. The van der Waals surface area contributed by atoms with Crippen molar-refractivity contribution in [2.45, 2.75) is 57.0 Å². The lowest BCUT2D eigenvalue weighted by Gasteiger charge is -2.40. The summed E-state index contributed by atoms with van der Waals surface area (Å²) in [6, 6.07) is 28.3. The number of carbonyl (C=O) groups excluding carboxylic acids is 1. The van der Waals surface area contributed by atoms with Gasteiger partial charge in [0.25, 0.3) is 0 Å². The van der Waals surface area contributed by atoms with Crippen molar-refractivity contribution in [1.82, 2.24) is 5.32 Å². The predicted octanol–water partition coefficient (Wildman–Crippen LogP) is 6.99. The molecule has 1 fully saturated rings. The molecule has 1 N–H and O–H groups in total. The first kappa shape index (κ1) is 28.0. The number of nitrogens with zero attached hydrogens (tertiary/aromatic N) is 1. The van der Waals surface area contributed by atoms with E-state index < -0.39 is 0 Å². The van der Waals surface area contributed by atoms with E-state index in [9.17, 15) is 4.79 Å². The molecule has 4 rings (SSSR count). The standard InChI is InChI=1S/C33H38N2O4/c1-25(23-28-13-10-16-31(24-28)37-3)39-35-26(2)33(29-14-8-5-9-15-29)20-17-30(18-21-33)38-32(36)34-22-19-27-11-6-4-7-12-27/h4-16,24,30H,1,17-23H2,2-3H3,(H,34,36)/b35-26+. The Morgan fingerprint density at radius 2 is 1.64 bits per heavy atom. The van der Waals surface area contributed by atoms with E-state index in [0.29, 0.717) is 18.7 Å². The van der Waals surface area contributed by atoms with Crippen molar-refractivity contribution in [1.29, 1.82) is 0 Å². The zero-order valence-electron chi connectivity index (χ0n) is 22.9. The van der Waals surface area contributed by atoms with Gasteiger partial charge in [0.1, 0.15) is 17.6 Å². The van der Waals surface area contributed by atoms with Crippen LogP contribution in [-0.4, -0.2) is 31.6 Å². The lowest BCUT2D eigenvalue weighted by molar-refractivity contribution is 0.0655. The number of allylic oxidation sites excluding steroid dienone is 1. The fourth-order valence-electron chi connectivity index (χ4n) is 5.23. The Labute approximate surface area is 231 Å². The molecular formula is C33H38N2O4. The van der Waals surface area contributed by atoms with Crippen LogP contribution in [0.3, 0.4) is 0 Å². The molecule has 39 heavy (non-hydrogen) atoms. The fraction of sp³-hybridized carbons (Fsp3) is 0.333. The quantitative estimate of drug-likeness (QED) is 0.166. The molecule has 0 unspecified atom stereocenters. The maximum Gasteiger partial charge on any atom is 0.407 e. The normalized spacial score (nSPS) is 19.1. The third-order valence-corrected chi connectivity index (χ3v) is 7.45. The minimum absolute atomic E-state index is 0.129. The number of alkyl carbamates (subject to hydrolysis) is 1. The molecule has 0 aromatic heterocycles. The second-order valence-corrected chi connectivity index (χ2v) is 10.1. The second kappa shape index (κ2) is 13.7. The molecule has 3 aromatic carbocycles. The van der Waals surface area contributed by atoms with Gasteiger partial charge in [0.2, 0.25) is 0 Å². The number of benzene rings is 3. The van der Waals surface area contributed by atoms with Crippen molar-refractivity contribution < 1.29 is 19.1 Å². The molecule has 6 heteroatoms.